The van der Waals surface area contributed by atoms with Crippen LogP contribution < -0.4 is 0 Å². The molecule has 1 saturated carbocycles. The van der Waals surface area contributed by atoms with Crippen molar-refractivity contribution < 1.29 is 19.1 Å². The van der Waals surface area contributed by atoms with Crippen LogP contribution in [0.4, 0.5) is 15.8 Å². The summed E-state index contributed by atoms with van der Waals surface area (Å²) in [5.74, 6) is -0.977. The number of non-ortho nitro benzene ring substituents is 1. The van der Waals surface area contributed by atoms with E-state index in [0.717, 1.165) is 18.9 Å². The second kappa shape index (κ2) is 8.95. The molecule has 0 radical (unpaired) electrons. The quantitative estimate of drug-likeness (QED) is 0.450. The van der Waals surface area contributed by atoms with E-state index in [1.165, 1.54) is 24.3 Å². The maximum atomic E-state index is 14.0. The van der Waals surface area contributed by atoms with E-state index in [0.29, 0.717) is 24.1 Å². The first-order valence-electron chi connectivity index (χ1n) is 8.93. The van der Waals surface area contributed by atoms with E-state index >= 15 is 0 Å². The van der Waals surface area contributed by atoms with Crippen molar-refractivity contribution >= 4 is 28.7 Å². The Hall–Kier alpha value is -3.07. The van der Waals surface area contributed by atoms with Gasteiger partial charge in [-0.2, -0.15) is 0 Å². The molecule has 2 aromatic carbocycles. The number of nitrogens with zero attached hydrogens (tertiary/aromatic N) is 3. The number of nitro groups is 2. The molecule has 1 aliphatic rings. The number of nitro benzene ring substituents is 2. The van der Waals surface area contributed by atoms with Gasteiger partial charge in [0, 0.05) is 23.1 Å². The Morgan fingerprint density at radius 3 is 2.69 bits per heavy atom. The lowest BCUT2D eigenvalue weighted by Crippen LogP contribution is -2.19. The van der Waals surface area contributed by atoms with Crippen LogP contribution in [0.3, 0.4) is 0 Å². The Balaban J connectivity index is 1.86. The molecule has 2 aromatic rings. The molecule has 1 unspecified atom stereocenters. The minimum atomic E-state index is -0.671. The molecule has 1 aliphatic carbocycles. The molecule has 0 aromatic heterocycles. The van der Waals surface area contributed by atoms with E-state index < -0.39 is 21.6 Å². The first-order valence-corrected chi connectivity index (χ1v) is 9.30. The number of rotatable bonds is 6. The molecule has 8 nitrogen and oxygen atoms in total. The number of benzene rings is 2. The van der Waals surface area contributed by atoms with Crippen LogP contribution in [-0.2, 0) is 11.4 Å². The van der Waals surface area contributed by atoms with Gasteiger partial charge in [0.25, 0.3) is 11.4 Å². The predicted octanol–water partition coefficient (Wildman–Crippen LogP) is 5.53. The summed E-state index contributed by atoms with van der Waals surface area (Å²) in [6, 6.07) is 8.16. The van der Waals surface area contributed by atoms with Crippen molar-refractivity contribution in [2.75, 3.05) is 0 Å². The lowest BCUT2D eigenvalue weighted by atomic mass is 9.81. The minimum Gasteiger partial charge on any atom is -0.391 e. The lowest BCUT2D eigenvalue weighted by molar-refractivity contribution is -0.394. The first kappa shape index (κ1) is 20.7. The molecule has 29 heavy (non-hydrogen) atoms. The Morgan fingerprint density at radius 2 is 1.97 bits per heavy atom. The van der Waals surface area contributed by atoms with Crippen LogP contribution >= 0.6 is 11.6 Å². The molecule has 0 amide bonds. The van der Waals surface area contributed by atoms with Crippen LogP contribution in [0.15, 0.2) is 41.6 Å². The monoisotopic (exact) mass is 421 g/mol. The van der Waals surface area contributed by atoms with E-state index in [9.17, 15) is 24.6 Å². The minimum absolute atomic E-state index is 0.0178. The number of hydrogen-bond donors (Lipinski definition) is 0. The molecular weight excluding hydrogens is 405 g/mol. The Kier molecular flexibility index (Phi) is 6.38. The third-order valence-electron chi connectivity index (χ3n) is 4.81. The number of hydrogen-bond acceptors (Lipinski definition) is 6. The number of oxime groups is 1. The van der Waals surface area contributed by atoms with Crippen molar-refractivity contribution in [2.45, 2.75) is 38.2 Å². The molecule has 0 bridgehead atoms. The SMILES string of the molecule is O=[N+]([O-])c1ccc(C2CCCC/C2=N/OCc2cccc(Cl)c2F)c([N+](=O)[O-])c1. The van der Waals surface area contributed by atoms with E-state index in [1.807, 2.05) is 0 Å². The second-order valence-electron chi connectivity index (χ2n) is 6.62. The van der Waals surface area contributed by atoms with Gasteiger partial charge in [-0.1, -0.05) is 35.3 Å². The van der Waals surface area contributed by atoms with Gasteiger partial charge in [-0.15, -0.1) is 0 Å². The van der Waals surface area contributed by atoms with Gasteiger partial charge in [-0.05, 0) is 31.4 Å². The van der Waals surface area contributed by atoms with Crippen LogP contribution in [0, 0.1) is 26.0 Å². The van der Waals surface area contributed by atoms with Crippen LogP contribution in [0.1, 0.15) is 42.7 Å². The van der Waals surface area contributed by atoms with Gasteiger partial charge < -0.3 is 4.84 Å². The molecular formula is C19H17ClFN3O5. The van der Waals surface area contributed by atoms with Crippen LogP contribution in [-0.4, -0.2) is 15.6 Å². The summed E-state index contributed by atoms with van der Waals surface area (Å²) in [4.78, 5) is 26.4. The van der Waals surface area contributed by atoms with Crippen molar-refractivity contribution in [2.24, 2.45) is 5.16 Å². The molecule has 1 atom stereocenters. The van der Waals surface area contributed by atoms with Crippen molar-refractivity contribution in [3.63, 3.8) is 0 Å². The first-order chi connectivity index (χ1) is 13.9. The molecule has 0 heterocycles. The highest BCUT2D eigenvalue weighted by Gasteiger charge is 2.30. The van der Waals surface area contributed by atoms with Gasteiger partial charge in [-0.3, -0.25) is 20.2 Å². The fourth-order valence-electron chi connectivity index (χ4n) is 3.38. The molecule has 0 spiro atoms. The van der Waals surface area contributed by atoms with Gasteiger partial charge in [-0.25, -0.2) is 4.39 Å². The summed E-state index contributed by atoms with van der Waals surface area (Å²) < 4.78 is 14.0. The third-order valence-corrected chi connectivity index (χ3v) is 5.10. The van der Waals surface area contributed by atoms with Crippen molar-refractivity contribution in [3.8, 4) is 0 Å². The standard InChI is InChI=1S/C19H17ClFN3O5/c20-16-6-3-4-12(19(16)21)11-29-22-17-7-2-1-5-14(17)15-9-8-13(23(25)26)10-18(15)24(27)28/h3-4,6,8-10,14H,1-2,5,7,11H2/b22-17-. The highest BCUT2D eigenvalue weighted by Crippen LogP contribution is 2.37. The van der Waals surface area contributed by atoms with Crippen LogP contribution in [0.5, 0.6) is 0 Å². The third kappa shape index (κ3) is 4.68. The second-order valence-corrected chi connectivity index (χ2v) is 7.03. The summed E-state index contributed by atoms with van der Waals surface area (Å²) >= 11 is 5.75. The molecule has 0 saturated heterocycles. The van der Waals surface area contributed by atoms with E-state index in [-0.39, 0.29) is 28.6 Å². The molecule has 3 rings (SSSR count). The smallest absolute Gasteiger partial charge is 0.280 e. The maximum absolute atomic E-state index is 14.0. The van der Waals surface area contributed by atoms with Gasteiger partial charge >= 0.3 is 0 Å². The normalized spacial score (nSPS) is 17.9. The van der Waals surface area contributed by atoms with Crippen LogP contribution in [0.25, 0.3) is 0 Å². The Labute approximate surface area is 170 Å². The average molecular weight is 422 g/mol. The van der Waals surface area contributed by atoms with E-state index in [1.54, 1.807) is 6.07 Å². The van der Waals surface area contributed by atoms with E-state index in [2.05, 4.69) is 5.16 Å². The summed E-state index contributed by atoms with van der Waals surface area (Å²) in [5, 5.41) is 26.5. The largest absolute Gasteiger partial charge is 0.391 e. The zero-order valence-corrected chi connectivity index (χ0v) is 16.0. The Morgan fingerprint density at radius 1 is 1.17 bits per heavy atom. The van der Waals surface area contributed by atoms with Gasteiger partial charge in [0.05, 0.1) is 26.6 Å². The molecule has 10 heteroatoms. The summed E-state index contributed by atoms with van der Waals surface area (Å²) in [7, 11) is 0. The average Bonchev–Trinajstić information content (AvgIpc) is 2.71. The van der Waals surface area contributed by atoms with Gasteiger partial charge in [0.2, 0.25) is 0 Å². The maximum Gasteiger partial charge on any atom is 0.280 e. The van der Waals surface area contributed by atoms with Crippen LogP contribution in [0.2, 0.25) is 5.02 Å². The van der Waals surface area contributed by atoms with Crippen molar-refractivity contribution in [1.29, 1.82) is 0 Å². The van der Waals surface area contributed by atoms with Crippen molar-refractivity contribution in [3.05, 3.63) is 78.6 Å². The van der Waals surface area contributed by atoms with Crippen molar-refractivity contribution in [1.82, 2.24) is 0 Å². The topological polar surface area (TPSA) is 108 Å². The summed E-state index contributed by atoms with van der Waals surface area (Å²) in [6.07, 6.45) is 2.84. The fourth-order valence-corrected chi connectivity index (χ4v) is 3.58. The summed E-state index contributed by atoms with van der Waals surface area (Å²) in [5.41, 5.74) is 0.532. The zero-order valence-electron chi connectivity index (χ0n) is 15.2. The molecule has 0 aliphatic heterocycles. The van der Waals surface area contributed by atoms with Gasteiger partial charge in [0.15, 0.2) is 0 Å². The van der Waals surface area contributed by atoms with Gasteiger partial charge in [0.1, 0.15) is 12.4 Å². The summed E-state index contributed by atoms with van der Waals surface area (Å²) in [6.45, 7) is -0.134. The molecule has 0 N–H and O–H groups in total. The molecule has 152 valence electrons. The highest BCUT2D eigenvalue weighted by molar-refractivity contribution is 6.30. The Bertz CT molecular complexity index is 982. The molecule has 1 fully saturated rings. The highest BCUT2D eigenvalue weighted by atomic mass is 35.5. The zero-order chi connectivity index (χ0) is 21.0. The number of halogens is 2. The fraction of sp³-hybridized carbons (Fsp3) is 0.316. The van der Waals surface area contributed by atoms with E-state index in [4.69, 9.17) is 16.4 Å². The predicted molar refractivity (Wildman–Crippen MR) is 105 cm³/mol. The lowest BCUT2D eigenvalue weighted by Gasteiger charge is -2.23.